The van der Waals surface area contributed by atoms with Gasteiger partial charge in [0, 0.05) is 21.0 Å². The lowest BCUT2D eigenvalue weighted by Gasteiger charge is -2.38. The van der Waals surface area contributed by atoms with Gasteiger partial charge in [-0.2, -0.15) is 0 Å². The maximum absolute atomic E-state index is 11.5. The first kappa shape index (κ1) is 21.1. The van der Waals surface area contributed by atoms with Gasteiger partial charge in [-0.1, -0.05) is 54.1 Å². The van der Waals surface area contributed by atoms with E-state index in [1.165, 1.54) is 5.56 Å². The summed E-state index contributed by atoms with van der Waals surface area (Å²) in [4.78, 5) is 11.5. The van der Waals surface area contributed by atoms with E-state index < -0.39 is 5.97 Å². The number of hydrogen-bond acceptors (Lipinski definition) is 3. The van der Waals surface area contributed by atoms with Crippen molar-refractivity contribution in [2.45, 2.75) is 25.0 Å². The fourth-order valence-corrected chi connectivity index (χ4v) is 5.44. The summed E-state index contributed by atoms with van der Waals surface area (Å²) in [7, 11) is 0. The van der Waals surface area contributed by atoms with Crippen LogP contribution in [0.5, 0.6) is 5.75 Å². The van der Waals surface area contributed by atoms with Crippen molar-refractivity contribution in [3.8, 4) is 5.75 Å². The predicted molar refractivity (Wildman–Crippen MR) is 130 cm³/mol. The summed E-state index contributed by atoms with van der Waals surface area (Å²) in [6.45, 7) is 0.418. The maximum atomic E-state index is 11.5. The first-order valence-corrected chi connectivity index (χ1v) is 11.6. The smallest absolute Gasteiger partial charge is 0.335 e. The number of allylic oxidation sites excluding steroid dienone is 2. The third-order valence-electron chi connectivity index (χ3n) is 6.26. The zero-order chi connectivity index (χ0) is 22.2. The third kappa shape index (κ3) is 3.91. The summed E-state index contributed by atoms with van der Waals surface area (Å²) >= 11 is 9.80. The van der Waals surface area contributed by atoms with E-state index in [9.17, 15) is 9.90 Å². The lowest BCUT2D eigenvalue weighted by atomic mass is 9.76. The molecule has 1 aliphatic carbocycles. The Morgan fingerprint density at radius 3 is 2.69 bits per heavy atom. The standard InChI is InChI=1S/C26H21BrClNO3/c27-22-13-17(26(30)31)12-21-19-5-3-6-20(19)24(29-25(21)22)15-8-10-18(11-9-15)32-14-16-4-1-2-7-23(16)28/h1-5,7-13,19-20,24,29H,6,14H2,(H,30,31)/t19-,20+,24-/m0/s1. The number of carboxylic acid groups (broad SMARTS) is 1. The van der Waals surface area contributed by atoms with Crippen molar-refractivity contribution in [1.82, 2.24) is 0 Å². The summed E-state index contributed by atoms with van der Waals surface area (Å²) in [5, 5.41) is 13.8. The molecule has 0 bridgehead atoms. The van der Waals surface area contributed by atoms with Crippen molar-refractivity contribution >= 4 is 39.2 Å². The number of rotatable bonds is 5. The van der Waals surface area contributed by atoms with Crippen LogP contribution in [0.1, 0.15) is 45.4 Å². The molecule has 0 spiro atoms. The van der Waals surface area contributed by atoms with Crippen LogP contribution in [0.15, 0.2) is 77.3 Å². The third-order valence-corrected chi connectivity index (χ3v) is 7.25. The van der Waals surface area contributed by atoms with E-state index in [1.807, 2.05) is 36.4 Å². The average Bonchev–Trinajstić information content (AvgIpc) is 3.29. The second kappa shape index (κ2) is 8.64. The highest BCUT2D eigenvalue weighted by Gasteiger charge is 2.39. The van der Waals surface area contributed by atoms with Crippen molar-refractivity contribution in [2.24, 2.45) is 5.92 Å². The fraction of sp³-hybridized carbons (Fsp3) is 0.192. The number of nitrogens with one attached hydrogen (secondary N) is 1. The highest BCUT2D eigenvalue weighted by atomic mass is 79.9. The monoisotopic (exact) mass is 509 g/mol. The number of benzene rings is 3. The van der Waals surface area contributed by atoms with E-state index >= 15 is 0 Å². The van der Waals surface area contributed by atoms with Crippen LogP contribution in [0, 0.1) is 5.92 Å². The molecule has 0 aromatic heterocycles. The van der Waals surface area contributed by atoms with E-state index in [0.717, 1.165) is 33.5 Å². The highest BCUT2D eigenvalue weighted by molar-refractivity contribution is 9.10. The quantitative estimate of drug-likeness (QED) is 0.356. The molecule has 32 heavy (non-hydrogen) atoms. The Morgan fingerprint density at radius 1 is 1.16 bits per heavy atom. The van der Waals surface area contributed by atoms with Crippen LogP contribution in [0.25, 0.3) is 0 Å². The van der Waals surface area contributed by atoms with Crippen LogP contribution in [-0.4, -0.2) is 11.1 Å². The maximum Gasteiger partial charge on any atom is 0.335 e. The number of carboxylic acids is 1. The van der Waals surface area contributed by atoms with E-state index in [4.69, 9.17) is 16.3 Å². The molecular formula is C26H21BrClNO3. The van der Waals surface area contributed by atoms with Crippen molar-refractivity contribution in [1.29, 1.82) is 0 Å². The van der Waals surface area contributed by atoms with Crippen LogP contribution in [0.4, 0.5) is 5.69 Å². The summed E-state index contributed by atoms with van der Waals surface area (Å²) in [6, 6.07) is 19.4. The zero-order valence-electron chi connectivity index (χ0n) is 17.1. The van der Waals surface area contributed by atoms with E-state index in [-0.39, 0.29) is 12.0 Å². The Balaban J connectivity index is 1.38. The van der Waals surface area contributed by atoms with Crippen LogP contribution >= 0.6 is 27.5 Å². The minimum absolute atomic E-state index is 0.118. The number of hydrogen-bond donors (Lipinski definition) is 2. The number of ether oxygens (including phenoxy) is 1. The number of halogens is 2. The molecule has 5 rings (SSSR count). The van der Waals surface area contributed by atoms with Crippen molar-refractivity contribution in [3.05, 3.63) is 105 Å². The SMILES string of the molecule is O=C(O)c1cc(Br)c2c(c1)[C@H]1C=CC[C@H]1[C@H](c1ccc(OCc3ccccc3Cl)cc1)N2. The van der Waals surface area contributed by atoms with Gasteiger partial charge in [0.15, 0.2) is 0 Å². The summed E-state index contributed by atoms with van der Waals surface area (Å²) in [5.74, 6) is 0.385. The van der Waals surface area contributed by atoms with Gasteiger partial charge < -0.3 is 15.2 Å². The van der Waals surface area contributed by atoms with Crippen molar-refractivity contribution in [2.75, 3.05) is 5.32 Å². The number of aromatic carboxylic acids is 1. The van der Waals surface area contributed by atoms with Gasteiger partial charge in [0.05, 0.1) is 17.3 Å². The molecule has 2 aliphatic rings. The minimum atomic E-state index is -0.915. The first-order valence-electron chi connectivity index (χ1n) is 10.5. The van der Waals surface area contributed by atoms with Gasteiger partial charge >= 0.3 is 5.97 Å². The van der Waals surface area contributed by atoms with Gasteiger partial charge in [-0.3, -0.25) is 0 Å². The van der Waals surface area contributed by atoms with Gasteiger partial charge in [0.1, 0.15) is 12.4 Å². The molecule has 0 fully saturated rings. The molecule has 3 aromatic rings. The molecule has 0 unspecified atom stereocenters. The molecule has 0 amide bonds. The molecule has 3 aromatic carbocycles. The Hall–Kier alpha value is -2.76. The number of anilines is 1. The summed E-state index contributed by atoms with van der Waals surface area (Å²) in [5.41, 5.74) is 4.43. The Kier molecular flexibility index (Phi) is 5.70. The molecular weight excluding hydrogens is 490 g/mol. The van der Waals surface area contributed by atoms with Crippen LogP contribution in [0.3, 0.4) is 0 Å². The van der Waals surface area contributed by atoms with Crippen LogP contribution in [0.2, 0.25) is 5.02 Å². The number of carbonyl (C=O) groups is 1. The topological polar surface area (TPSA) is 58.6 Å². The zero-order valence-corrected chi connectivity index (χ0v) is 19.4. The van der Waals surface area contributed by atoms with Crippen molar-refractivity contribution in [3.63, 3.8) is 0 Å². The van der Waals surface area contributed by atoms with Gasteiger partial charge in [0.2, 0.25) is 0 Å². The molecule has 2 N–H and O–H groups in total. The van der Waals surface area contributed by atoms with E-state index in [2.05, 4.69) is 45.5 Å². The Bertz CT molecular complexity index is 1210. The lowest BCUT2D eigenvalue weighted by molar-refractivity contribution is 0.0696. The largest absolute Gasteiger partial charge is 0.489 e. The summed E-state index contributed by atoms with van der Waals surface area (Å²) < 4.78 is 6.71. The van der Waals surface area contributed by atoms with E-state index in [1.54, 1.807) is 12.1 Å². The summed E-state index contributed by atoms with van der Waals surface area (Å²) in [6.07, 6.45) is 5.35. The molecule has 0 radical (unpaired) electrons. The molecule has 1 heterocycles. The Labute approximate surface area is 200 Å². The number of fused-ring (bicyclic) bond motifs is 3. The molecule has 162 valence electrons. The second-order valence-electron chi connectivity index (χ2n) is 8.15. The van der Waals surface area contributed by atoms with Gasteiger partial charge in [-0.05, 0) is 69.7 Å². The highest BCUT2D eigenvalue weighted by Crippen LogP contribution is 2.52. The molecule has 1 aliphatic heterocycles. The van der Waals surface area contributed by atoms with Crippen molar-refractivity contribution < 1.29 is 14.6 Å². The normalized spacial score (nSPS) is 20.9. The van der Waals surface area contributed by atoms with Crippen LogP contribution in [-0.2, 0) is 6.61 Å². The Morgan fingerprint density at radius 2 is 1.94 bits per heavy atom. The fourth-order valence-electron chi connectivity index (χ4n) is 4.66. The van der Waals surface area contributed by atoms with Crippen LogP contribution < -0.4 is 10.1 Å². The molecule has 0 saturated heterocycles. The molecule has 4 nitrogen and oxygen atoms in total. The molecule has 3 atom stereocenters. The van der Waals surface area contributed by atoms with Gasteiger partial charge in [-0.15, -0.1) is 0 Å². The first-order chi connectivity index (χ1) is 15.5. The van der Waals surface area contributed by atoms with Gasteiger partial charge in [0.25, 0.3) is 0 Å². The average molecular weight is 511 g/mol. The molecule has 6 heteroatoms. The molecule has 0 saturated carbocycles. The van der Waals surface area contributed by atoms with Gasteiger partial charge in [-0.25, -0.2) is 4.79 Å². The second-order valence-corrected chi connectivity index (χ2v) is 9.41. The lowest BCUT2D eigenvalue weighted by Crippen LogP contribution is -2.29. The minimum Gasteiger partial charge on any atom is -0.489 e. The predicted octanol–water partition coefficient (Wildman–Crippen LogP) is 7.21. The van der Waals surface area contributed by atoms with E-state index in [0.29, 0.717) is 23.1 Å².